The van der Waals surface area contributed by atoms with Crippen LogP contribution in [0.15, 0.2) is 42.6 Å². The van der Waals surface area contributed by atoms with Gasteiger partial charge in [-0.1, -0.05) is 18.2 Å². The lowest BCUT2D eigenvalue weighted by atomic mass is 9.94. The van der Waals surface area contributed by atoms with E-state index in [2.05, 4.69) is 4.98 Å². The van der Waals surface area contributed by atoms with Gasteiger partial charge >= 0.3 is 0 Å². The van der Waals surface area contributed by atoms with E-state index in [-0.39, 0.29) is 11.3 Å². The van der Waals surface area contributed by atoms with E-state index in [1.165, 1.54) is 6.07 Å². The van der Waals surface area contributed by atoms with Gasteiger partial charge in [0.15, 0.2) is 5.78 Å². The number of Topliss-reactive ketones (excluding diaryl/α,β-unsaturated/α-hetero) is 1. The number of aromatic nitrogens is 1. The van der Waals surface area contributed by atoms with Crippen LogP contribution in [0.1, 0.15) is 34.5 Å². The summed E-state index contributed by atoms with van der Waals surface area (Å²) in [7, 11) is 0. The Bertz CT molecular complexity index is 566. The van der Waals surface area contributed by atoms with E-state index in [1.54, 1.807) is 44.3 Å². The minimum Gasteiger partial charge on any atom is -0.293 e. The fourth-order valence-corrected chi connectivity index (χ4v) is 1.84. The molecule has 0 bridgehead atoms. The van der Waals surface area contributed by atoms with E-state index in [9.17, 15) is 9.18 Å². The van der Waals surface area contributed by atoms with Crippen LogP contribution >= 0.6 is 0 Å². The molecule has 0 saturated carbocycles. The molecular weight excluding hydrogens is 229 g/mol. The molecule has 92 valence electrons. The fraction of sp³-hybridized carbons (Fsp3) is 0.200. The Kier molecular flexibility index (Phi) is 3.51. The number of halogens is 1. The highest BCUT2D eigenvalue weighted by Crippen LogP contribution is 2.21. The second-order valence-electron chi connectivity index (χ2n) is 4.28. The topological polar surface area (TPSA) is 30.0 Å². The Morgan fingerprint density at radius 3 is 2.67 bits per heavy atom. The van der Waals surface area contributed by atoms with Crippen LogP contribution in [0.2, 0.25) is 0 Å². The number of hydrogen-bond acceptors (Lipinski definition) is 2. The molecule has 1 aromatic heterocycles. The summed E-state index contributed by atoms with van der Waals surface area (Å²) < 4.78 is 13.9. The molecule has 0 spiro atoms. The molecular formula is C15H14FNO. The monoisotopic (exact) mass is 243 g/mol. The van der Waals surface area contributed by atoms with Crippen molar-refractivity contribution < 1.29 is 9.18 Å². The van der Waals surface area contributed by atoms with Gasteiger partial charge in [-0.25, -0.2) is 4.39 Å². The highest BCUT2D eigenvalue weighted by Gasteiger charge is 2.21. The fourth-order valence-electron chi connectivity index (χ4n) is 1.84. The summed E-state index contributed by atoms with van der Waals surface area (Å²) in [5.74, 6) is -1.12. The Hall–Kier alpha value is -2.03. The summed E-state index contributed by atoms with van der Waals surface area (Å²) in [6, 6.07) is 10.2. The van der Waals surface area contributed by atoms with Crippen molar-refractivity contribution >= 4 is 5.78 Å². The summed E-state index contributed by atoms with van der Waals surface area (Å²) in [5, 5.41) is 0. The Labute approximate surface area is 105 Å². The van der Waals surface area contributed by atoms with Gasteiger partial charge in [0.05, 0.1) is 17.2 Å². The minimum atomic E-state index is -0.442. The van der Waals surface area contributed by atoms with Gasteiger partial charge in [0.25, 0.3) is 0 Å². The molecule has 0 radical (unpaired) electrons. The van der Waals surface area contributed by atoms with Crippen LogP contribution in [0.4, 0.5) is 4.39 Å². The average Bonchev–Trinajstić information content (AvgIpc) is 2.41. The maximum atomic E-state index is 13.9. The first kappa shape index (κ1) is 12.4. The van der Waals surface area contributed by atoms with E-state index in [0.29, 0.717) is 11.3 Å². The van der Waals surface area contributed by atoms with Crippen molar-refractivity contribution in [3.8, 4) is 0 Å². The van der Waals surface area contributed by atoms with Crippen molar-refractivity contribution in [1.29, 1.82) is 0 Å². The summed E-state index contributed by atoms with van der Waals surface area (Å²) in [4.78, 5) is 16.4. The third kappa shape index (κ3) is 2.30. The van der Waals surface area contributed by atoms with E-state index >= 15 is 0 Å². The van der Waals surface area contributed by atoms with Gasteiger partial charge in [0, 0.05) is 6.20 Å². The summed E-state index contributed by atoms with van der Waals surface area (Å²) in [6.07, 6.45) is 1.63. The molecule has 2 nitrogen and oxygen atoms in total. The highest BCUT2D eigenvalue weighted by molar-refractivity contribution is 6.00. The first-order chi connectivity index (χ1) is 8.61. The molecule has 0 fully saturated rings. The summed E-state index contributed by atoms with van der Waals surface area (Å²) >= 11 is 0. The van der Waals surface area contributed by atoms with Crippen LogP contribution in [0.3, 0.4) is 0 Å². The summed E-state index contributed by atoms with van der Waals surface area (Å²) in [6.45, 7) is 3.39. The zero-order chi connectivity index (χ0) is 13.1. The number of rotatable bonds is 3. The predicted molar refractivity (Wildman–Crippen MR) is 68.1 cm³/mol. The number of hydrogen-bond donors (Lipinski definition) is 0. The molecule has 2 aromatic rings. The molecule has 0 aliphatic carbocycles. The predicted octanol–water partition coefficient (Wildman–Crippen LogP) is 3.52. The number of nitrogens with zero attached hydrogens (tertiary/aromatic N) is 1. The minimum absolute atomic E-state index is 0.133. The van der Waals surface area contributed by atoms with Crippen molar-refractivity contribution in [2.75, 3.05) is 0 Å². The van der Waals surface area contributed by atoms with Crippen molar-refractivity contribution in [3.63, 3.8) is 0 Å². The van der Waals surface area contributed by atoms with Gasteiger partial charge in [0.2, 0.25) is 0 Å². The molecule has 0 aliphatic rings. The van der Waals surface area contributed by atoms with Crippen LogP contribution < -0.4 is 0 Å². The van der Waals surface area contributed by atoms with Gasteiger partial charge in [-0.15, -0.1) is 0 Å². The zero-order valence-corrected chi connectivity index (χ0v) is 10.4. The van der Waals surface area contributed by atoms with E-state index in [0.717, 1.165) is 0 Å². The molecule has 0 N–H and O–H groups in total. The van der Waals surface area contributed by atoms with Crippen molar-refractivity contribution in [2.45, 2.75) is 19.8 Å². The molecule has 1 aromatic carbocycles. The number of benzene rings is 1. The van der Waals surface area contributed by atoms with Crippen LogP contribution in [0.25, 0.3) is 0 Å². The second kappa shape index (κ2) is 5.08. The quantitative estimate of drug-likeness (QED) is 0.772. The first-order valence-corrected chi connectivity index (χ1v) is 5.81. The molecule has 3 heteroatoms. The molecule has 1 atom stereocenters. The molecule has 18 heavy (non-hydrogen) atoms. The molecule has 2 rings (SSSR count). The lowest BCUT2D eigenvalue weighted by Gasteiger charge is -2.11. The van der Waals surface area contributed by atoms with Gasteiger partial charge in [-0.2, -0.15) is 0 Å². The smallest absolute Gasteiger partial charge is 0.174 e. The van der Waals surface area contributed by atoms with E-state index in [4.69, 9.17) is 0 Å². The Morgan fingerprint density at radius 2 is 2.00 bits per heavy atom. The SMILES string of the molecule is Cc1cccc(C(=O)C(C)c2ccccn2)c1F. The number of carbonyl (C=O) groups is 1. The normalized spacial score (nSPS) is 12.2. The van der Waals surface area contributed by atoms with E-state index < -0.39 is 11.7 Å². The van der Waals surface area contributed by atoms with Gasteiger partial charge < -0.3 is 0 Å². The first-order valence-electron chi connectivity index (χ1n) is 5.81. The Balaban J connectivity index is 2.35. The highest BCUT2D eigenvalue weighted by atomic mass is 19.1. The molecule has 1 unspecified atom stereocenters. The number of pyridine rings is 1. The number of aryl methyl sites for hydroxylation is 1. The Morgan fingerprint density at radius 1 is 1.22 bits per heavy atom. The summed E-state index contributed by atoms with van der Waals surface area (Å²) in [5.41, 5.74) is 1.27. The second-order valence-corrected chi connectivity index (χ2v) is 4.28. The van der Waals surface area contributed by atoms with Crippen molar-refractivity contribution in [1.82, 2.24) is 4.98 Å². The number of carbonyl (C=O) groups excluding carboxylic acids is 1. The van der Waals surface area contributed by atoms with Gasteiger partial charge in [-0.3, -0.25) is 9.78 Å². The van der Waals surface area contributed by atoms with Crippen LogP contribution in [-0.2, 0) is 0 Å². The van der Waals surface area contributed by atoms with E-state index in [1.807, 2.05) is 6.07 Å². The van der Waals surface area contributed by atoms with Crippen LogP contribution in [0.5, 0.6) is 0 Å². The van der Waals surface area contributed by atoms with Crippen LogP contribution in [0, 0.1) is 12.7 Å². The lowest BCUT2D eigenvalue weighted by Crippen LogP contribution is -2.13. The standard InChI is InChI=1S/C15H14FNO/c1-10-6-5-7-12(14(10)16)15(18)11(2)13-8-3-4-9-17-13/h3-9,11H,1-2H3. The molecule has 1 heterocycles. The van der Waals surface area contributed by atoms with Crippen molar-refractivity contribution in [2.24, 2.45) is 0 Å². The third-order valence-electron chi connectivity index (χ3n) is 2.98. The maximum Gasteiger partial charge on any atom is 0.174 e. The average molecular weight is 243 g/mol. The molecule has 0 aliphatic heterocycles. The van der Waals surface area contributed by atoms with Crippen LogP contribution in [-0.4, -0.2) is 10.8 Å². The zero-order valence-electron chi connectivity index (χ0n) is 10.4. The van der Waals surface area contributed by atoms with Crippen molar-refractivity contribution in [3.05, 3.63) is 65.2 Å². The van der Waals surface area contributed by atoms with Gasteiger partial charge in [-0.05, 0) is 37.6 Å². The lowest BCUT2D eigenvalue weighted by molar-refractivity contribution is 0.0960. The largest absolute Gasteiger partial charge is 0.293 e. The molecule has 0 saturated heterocycles. The molecule has 0 amide bonds. The van der Waals surface area contributed by atoms with Gasteiger partial charge in [0.1, 0.15) is 5.82 Å². The maximum absolute atomic E-state index is 13.9. The third-order valence-corrected chi connectivity index (χ3v) is 2.98. The number of ketones is 1.